The third-order valence-corrected chi connectivity index (χ3v) is 5.80. The smallest absolute Gasteiger partial charge is 0.255 e. The number of benzene rings is 1. The minimum Gasteiger partial charge on any atom is -0.365 e. The average Bonchev–Trinajstić information content (AvgIpc) is 3.03. The van der Waals surface area contributed by atoms with E-state index in [2.05, 4.69) is 32.7 Å². The van der Waals surface area contributed by atoms with Gasteiger partial charge < -0.3 is 9.80 Å². The number of anilines is 1. The number of nitrogens with zero attached hydrogens (tertiary/aromatic N) is 5. The minimum absolute atomic E-state index is 0.0738. The minimum atomic E-state index is 0.0738. The number of hydrogen-bond donors (Lipinski definition) is 0. The predicted octanol–water partition coefficient (Wildman–Crippen LogP) is 3.61. The fraction of sp³-hybridized carbons (Fsp3) is 0.286. The Morgan fingerprint density at radius 1 is 1.00 bits per heavy atom. The van der Waals surface area contributed by atoms with Crippen LogP contribution in [-0.2, 0) is 0 Å². The fourth-order valence-electron chi connectivity index (χ4n) is 3.73. The van der Waals surface area contributed by atoms with Gasteiger partial charge in [-0.1, -0.05) is 18.2 Å². The van der Waals surface area contributed by atoms with E-state index in [9.17, 15) is 4.79 Å². The molecule has 3 heterocycles. The number of halogens is 1. The number of carbonyl (C=O) groups is 1. The molecule has 144 valence electrons. The van der Waals surface area contributed by atoms with Gasteiger partial charge in [0.2, 0.25) is 0 Å². The molecular weight excluding hydrogens is 418 g/mol. The summed E-state index contributed by atoms with van der Waals surface area (Å²) in [5.41, 5.74) is 3.90. The Labute approximate surface area is 172 Å². The Balaban J connectivity index is 1.51. The van der Waals surface area contributed by atoms with E-state index in [4.69, 9.17) is 5.10 Å². The first kappa shape index (κ1) is 18.7. The van der Waals surface area contributed by atoms with Gasteiger partial charge in [0, 0.05) is 36.8 Å². The van der Waals surface area contributed by atoms with Crippen molar-refractivity contribution in [3.8, 4) is 5.82 Å². The van der Waals surface area contributed by atoms with Crippen molar-refractivity contribution in [1.29, 1.82) is 0 Å². The highest BCUT2D eigenvalue weighted by Gasteiger charge is 2.26. The van der Waals surface area contributed by atoms with Crippen molar-refractivity contribution in [3.63, 3.8) is 0 Å². The fourth-order valence-corrected chi connectivity index (χ4v) is 4.19. The number of carbonyl (C=O) groups excluding carboxylic acids is 1. The highest BCUT2D eigenvalue weighted by molar-refractivity contribution is 9.10. The van der Waals surface area contributed by atoms with Crippen LogP contribution in [0.4, 0.5) is 5.69 Å². The van der Waals surface area contributed by atoms with Crippen molar-refractivity contribution >= 4 is 27.5 Å². The number of piperazine rings is 1. The molecular formula is C21H22BrN5O. The van der Waals surface area contributed by atoms with Crippen LogP contribution in [-0.4, -0.2) is 51.8 Å². The highest BCUT2D eigenvalue weighted by atomic mass is 79.9. The molecule has 1 amide bonds. The molecule has 28 heavy (non-hydrogen) atoms. The lowest BCUT2D eigenvalue weighted by Gasteiger charge is -2.36. The van der Waals surface area contributed by atoms with Crippen molar-refractivity contribution < 1.29 is 4.79 Å². The molecule has 0 bridgehead atoms. The van der Waals surface area contributed by atoms with Gasteiger partial charge >= 0.3 is 0 Å². The summed E-state index contributed by atoms with van der Waals surface area (Å²) in [6.45, 7) is 7.04. The van der Waals surface area contributed by atoms with Crippen molar-refractivity contribution in [1.82, 2.24) is 19.7 Å². The molecule has 0 atom stereocenters. The van der Waals surface area contributed by atoms with E-state index < -0.39 is 0 Å². The van der Waals surface area contributed by atoms with Crippen LogP contribution in [0.2, 0.25) is 0 Å². The lowest BCUT2D eigenvalue weighted by atomic mass is 10.1. The van der Waals surface area contributed by atoms with E-state index in [-0.39, 0.29) is 5.91 Å². The van der Waals surface area contributed by atoms with Gasteiger partial charge in [-0.05, 0) is 54.0 Å². The summed E-state index contributed by atoms with van der Waals surface area (Å²) in [5.74, 6) is 0.891. The van der Waals surface area contributed by atoms with Crippen molar-refractivity contribution in [2.45, 2.75) is 13.8 Å². The van der Waals surface area contributed by atoms with Gasteiger partial charge in [0.15, 0.2) is 5.82 Å². The second kappa shape index (κ2) is 7.75. The van der Waals surface area contributed by atoms with Crippen LogP contribution in [0, 0.1) is 13.8 Å². The molecule has 1 fully saturated rings. The molecule has 0 N–H and O–H groups in total. The van der Waals surface area contributed by atoms with Crippen LogP contribution in [0.25, 0.3) is 5.82 Å². The second-order valence-corrected chi connectivity index (χ2v) is 7.73. The first-order valence-corrected chi connectivity index (χ1v) is 10.1. The molecule has 0 spiro atoms. The molecule has 0 radical (unpaired) electrons. The number of pyridine rings is 1. The molecule has 1 saturated heterocycles. The molecule has 0 saturated carbocycles. The predicted molar refractivity (Wildman–Crippen MR) is 113 cm³/mol. The normalized spacial score (nSPS) is 14.4. The molecule has 0 unspecified atom stereocenters. The zero-order valence-corrected chi connectivity index (χ0v) is 17.6. The molecule has 1 aliphatic rings. The zero-order chi connectivity index (χ0) is 19.7. The van der Waals surface area contributed by atoms with Gasteiger partial charge in [-0.2, -0.15) is 5.10 Å². The van der Waals surface area contributed by atoms with E-state index in [1.807, 2.05) is 59.0 Å². The second-order valence-electron chi connectivity index (χ2n) is 6.88. The lowest BCUT2D eigenvalue weighted by molar-refractivity contribution is 0.0746. The maximum Gasteiger partial charge on any atom is 0.255 e. The number of amides is 1. The summed E-state index contributed by atoms with van der Waals surface area (Å²) < 4.78 is 2.73. The topological polar surface area (TPSA) is 54.3 Å². The monoisotopic (exact) mass is 439 g/mol. The zero-order valence-electron chi connectivity index (χ0n) is 16.0. The summed E-state index contributed by atoms with van der Waals surface area (Å²) in [6.07, 6.45) is 1.78. The highest BCUT2D eigenvalue weighted by Crippen LogP contribution is 2.28. The molecule has 1 aromatic carbocycles. The molecule has 4 rings (SSSR count). The van der Waals surface area contributed by atoms with Gasteiger partial charge in [-0.25, -0.2) is 9.67 Å². The Morgan fingerprint density at radius 2 is 1.71 bits per heavy atom. The average molecular weight is 440 g/mol. The van der Waals surface area contributed by atoms with Crippen LogP contribution in [0.15, 0.2) is 53.1 Å². The molecule has 6 nitrogen and oxygen atoms in total. The van der Waals surface area contributed by atoms with Crippen LogP contribution in [0.3, 0.4) is 0 Å². The van der Waals surface area contributed by atoms with Crippen LogP contribution >= 0.6 is 15.9 Å². The van der Waals surface area contributed by atoms with E-state index in [0.29, 0.717) is 18.7 Å². The Morgan fingerprint density at radius 3 is 2.39 bits per heavy atom. The summed E-state index contributed by atoms with van der Waals surface area (Å²) in [5, 5.41) is 4.69. The number of hydrogen-bond acceptors (Lipinski definition) is 4. The van der Waals surface area contributed by atoms with Crippen LogP contribution in [0.5, 0.6) is 0 Å². The van der Waals surface area contributed by atoms with Crippen molar-refractivity contribution in [3.05, 3.63) is 70.1 Å². The van der Waals surface area contributed by atoms with E-state index >= 15 is 0 Å². The van der Waals surface area contributed by atoms with Gasteiger partial charge in [-0.3, -0.25) is 4.79 Å². The van der Waals surface area contributed by atoms with E-state index in [1.54, 1.807) is 6.20 Å². The largest absolute Gasteiger partial charge is 0.365 e. The van der Waals surface area contributed by atoms with Gasteiger partial charge in [-0.15, -0.1) is 0 Å². The standard InChI is InChI=1S/C21H22BrN5O/c1-15-20(16(2)27(24-15)19-9-5-6-10-23-19)25-11-13-26(14-12-25)21(28)17-7-3-4-8-18(17)22/h3-10H,11-14H2,1-2H3. The Bertz CT molecular complexity index is 993. The third kappa shape index (κ3) is 3.42. The summed E-state index contributed by atoms with van der Waals surface area (Å²) in [6, 6.07) is 13.4. The number of aromatic nitrogens is 3. The van der Waals surface area contributed by atoms with Crippen LogP contribution < -0.4 is 4.90 Å². The SMILES string of the molecule is Cc1nn(-c2ccccn2)c(C)c1N1CCN(C(=O)c2ccccc2Br)CC1. The first-order chi connectivity index (χ1) is 13.6. The lowest BCUT2D eigenvalue weighted by Crippen LogP contribution is -2.49. The summed E-state index contributed by atoms with van der Waals surface area (Å²) >= 11 is 3.48. The molecule has 7 heteroatoms. The van der Waals surface area contributed by atoms with Crippen LogP contribution in [0.1, 0.15) is 21.7 Å². The molecule has 0 aliphatic carbocycles. The first-order valence-electron chi connectivity index (χ1n) is 9.32. The van der Waals surface area contributed by atoms with E-state index in [1.165, 1.54) is 0 Å². The number of aryl methyl sites for hydroxylation is 1. The molecule has 1 aliphatic heterocycles. The van der Waals surface area contributed by atoms with Crippen molar-refractivity contribution in [2.75, 3.05) is 31.1 Å². The van der Waals surface area contributed by atoms with Gasteiger partial charge in [0.1, 0.15) is 0 Å². The number of rotatable bonds is 3. The molecule has 3 aromatic rings. The van der Waals surface area contributed by atoms with Gasteiger partial charge in [0.25, 0.3) is 5.91 Å². The maximum atomic E-state index is 12.8. The van der Waals surface area contributed by atoms with Gasteiger partial charge in [0.05, 0.1) is 22.6 Å². The maximum absolute atomic E-state index is 12.8. The van der Waals surface area contributed by atoms with E-state index in [0.717, 1.165) is 40.5 Å². The molecule has 2 aromatic heterocycles. The summed E-state index contributed by atoms with van der Waals surface area (Å²) in [7, 11) is 0. The summed E-state index contributed by atoms with van der Waals surface area (Å²) in [4.78, 5) is 21.5. The third-order valence-electron chi connectivity index (χ3n) is 5.11. The van der Waals surface area contributed by atoms with Crippen molar-refractivity contribution in [2.24, 2.45) is 0 Å². The Kier molecular flexibility index (Phi) is 5.17. The Hall–Kier alpha value is -2.67. The quantitative estimate of drug-likeness (QED) is 0.625.